The Bertz CT molecular complexity index is 157. The standard InChI is InChI=1S/C9H20N2O2.2ClH/c1-7(10)8(11)5-3-2-4-6-9(12)13;;/h7-8H,2-6,10-11H2,1H3,(H,12,13);2*1H. The summed E-state index contributed by atoms with van der Waals surface area (Å²) in [7, 11) is 0. The molecule has 0 spiro atoms. The maximum Gasteiger partial charge on any atom is 0.303 e. The monoisotopic (exact) mass is 260 g/mol. The van der Waals surface area contributed by atoms with Crippen LogP contribution in [0.15, 0.2) is 0 Å². The summed E-state index contributed by atoms with van der Waals surface area (Å²) in [5.74, 6) is -0.725. The van der Waals surface area contributed by atoms with Gasteiger partial charge in [-0.05, 0) is 19.8 Å². The average Bonchev–Trinajstić information content (AvgIpc) is 2.02. The third-order valence-corrected chi connectivity index (χ3v) is 2.10. The molecule has 0 fully saturated rings. The van der Waals surface area contributed by atoms with E-state index in [1.54, 1.807) is 0 Å². The minimum Gasteiger partial charge on any atom is -0.481 e. The van der Waals surface area contributed by atoms with Crippen LogP contribution in [0.3, 0.4) is 0 Å². The smallest absolute Gasteiger partial charge is 0.303 e. The van der Waals surface area contributed by atoms with Crippen LogP contribution in [0.1, 0.15) is 39.0 Å². The molecule has 0 aromatic heterocycles. The first-order chi connectivity index (χ1) is 6.04. The highest BCUT2D eigenvalue weighted by atomic mass is 35.5. The van der Waals surface area contributed by atoms with Crippen LogP contribution in [-0.4, -0.2) is 23.2 Å². The van der Waals surface area contributed by atoms with Gasteiger partial charge in [-0.2, -0.15) is 0 Å². The lowest BCUT2D eigenvalue weighted by molar-refractivity contribution is -0.137. The molecule has 0 aromatic carbocycles. The summed E-state index contributed by atoms with van der Waals surface area (Å²) in [4.78, 5) is 10.2. The van der Waals surface area contributed by atoms with Crippen molar-refractivity contribution in [3.05, 3.63) is 0 Å². The molecule has 0 heterocycles. The molecule has 0 saturated heterocycles. The van der Waals surface area contributed by atoms with Crippen molar-refractivity contribution in [1.29, 1.82) is 0 Å². The fraction of sp³-hybridized carbons (Fsp3) is 0.889. The predicted octanol–water partition coefficient (Wildman–Crippen LogP) is 1.54. The highest BCUT2D eigenvalue weighted by molar-refractivity contribution is 5.85. The van der Waals surface area contributed by atoms with Crippen LogP contribution in [0.4, 0.5) is 0 Å². The zero-order chi connectivity index (χ0) is 10.3. The van der Waals surface area contributed by atoms with Crippen molar-refractivity contribution in [2.75, 3.05) is 0 Å². The maximum atomic E-state index is 10.2. The number of hydrogen-bond acceptors (Lipinski definition) is 3. The third-order valence-electron chi connectivity index (χ3n) is 2.10. The largest absolute Gasteiger partial charge is 0.481 e. The topological polar surface area (TPSA) is 89.3 Å². The average molecular weight is 261 g/mol. The molecule has 6 heteroatoms. The summed E-state index contributed by atoms with van der Waals surface area (Å²) in [5, 5.41) is 8.37. The normalized spacial score (nSPS) is 13.3. The Labute approximate surface area is 104 Å². The summed E-state index contributed by atoms with van der Waals surface area (Å²) in [6.45, 7) is 1.89. The second kappa shape index (κ2) is 12.0. The van der Waals surface area contributed by atoms with Gasteiger partial charge in [-0.15, -0.1) is 24.8 Å². The van der Waals surface area contributed by atoms with Crippen molar-refractivity contribution >= 4 is 30.8 Å². The number of unbranched alkanes of at least 4 members (excludes halogenated alkanes) is 2. The third kappa shape index (κ3) is 14.0. The number of hydrogen-bond donors (Lipinski definition) is 3. The first kappa shape index (κ1) is 20.4. The number of carboxylic acid groups (broad SMARTS) is 1. The van der Waals surface area contributed by atoms with Gasteiger partial charge in [0.25, 0.3) is 0 Å². The van der Waals surface area contributed by atoms with Crippen molar-refractivity contribution in [1.82, 2.24) is 0 Å². The van der Waals surface area contributed by atoms with Crippen molar-refractivity contribution < 1.29 is 9.90 Å². The van der Waals surface area contributed by atoms with Gasteiger partial charge in [0.15, 0.2) is 0 Å². The van der Waals surface area contributed by atoms with Crippen LogP contribution in [0.2, 0.25) is 0 Å². The van der Waals surface area contributed by atoms with E-state index in [2.05, 4.69) is 0 Å². The number of nitrogens with two attached hydrogens (primary N) is 2. The highest BCUT2D eigenvalue weighted by Gasteiger charge is 2.06. The zero-order valence-electron chi connectivity index (χ0n) is 9.02. The lowest BCUT2D eigenvalue weighted by Crippen LogP contribution is -2.38. The second-order valence-corrected chi connectivity index (χ2v) is 3.52. The molecular formula is C9H22Cl2N2O2. The van der Waals surface area contributed by atoms with Crippen LogP contribution < -0.4 is 11.5 Å². The summed E-state index contributed by atoms with van der Waals surface area (Å²) < 4.78 is 0. The van der Waals surface area contributed by atoms with Crippen molar-refractivity contribution in [2.45, 2.75) is 51.1 Å². The molecule has 5 N–H and O–H groups in total. The Morgan fingerprint density at radius 2 is 1.73 bits per heavy atom. The maximum absolute atomic E-state index is 10.2. The number of halogens is 2. The molecule has 0 amide bonds. The molecule has 94 valence electrons. The van der Waals surface area contributed by atoms with Gasteiger partial charge in [0.2, 0.25) is 0 Å². The van der Waals surface area contributed by atoms with E-state index in [9.17, 15) is 4.79 Å². The number of aliphatic carboxylic acids is 1. The molecule has 2 unspecified atom stereocenters. The molecule has 0 radical (unpaired) electrons. The van der Waals surface area contributed by atoms with Crippen molar-refractivity contribution in [3.63, 3.8) is 0 Å². The first-order valence-corrected chi connectivity index (χ1v) is 4.77. The van der Waals surface area contributed by atoms with E-state index in [0.717, 1.165) is 25.7 Å². The fourth-order valence-electron chi connectivity index (χ4n) is 1.10. The number of rotatable bonds is 7. The van der Waals surface area contributed by atoms with Gasteiger partial charge in [-0.3, -0.25) is 4.79 Å². The number of carbonyl (C=O) groups is 1. The summed E-state index contributed by atoms with van der Waals surface area (Å²) in [5.41, 5.74) is 11.3. The SMILES string of the molecule is CC(N)C(N)CCCCCC(=O)O.Cl.Cl. The molecule has 0 aliphatic rings. The van der Waals surface area contributed by atoms with E-state index in [4.69, 9.17) is 16.6 Å². The molecule has 0 saturated carbocycles. The van der Waals surface area contributed by atoms with E-state index in [1.807, 2.05) is 6.92 Å². The molecule has 4 nitrogen and oxygen atoms in total. The van der Waals surface area contributed by atoms with Gasteiger partial charge in [0.1, 0.15) is 0 Å². The van der Waals surface area contributed by atoms with E-state index in [0.29, 0.717) is 0 Å². The Hall–Kier alpha value is -0.0300. The van der Waals surface area contributed by atoms with Gasteiger partial charge in [0.05, 0.1) is 0 Å². The predicted molar refractivity (Wildman–Crippen MR) is 66.8 cm³/mol. The van der Waals surface area contributed by atoms with Crippen molar-refractivity contribution in [3.8, 4) is 0 Å². The number of carboxylic acids is 1. The Balaban J connectivity index is -0.000000720. The first-order valence-electron chi connectivity index (χ1n) is 4.77. The van der Waals surface area contributed by atoms with Gasteiger partial charge < -0.3 is 16.6 Å². The van der Waals surface area contributed by atoms with Gasteiger partial charge in [-0.1, -0.05) is 12.8 Å². The summed E-state index contributed by atoms with van der Waals surface area (Å²) in [6, 6.07) is 0.0734. The highest BCUT2D eigenvalue weighted by Crippen LogP contribution is 2.05. The van der Waals surface area contributed by atoms with Gasteiger partial charge in [-0.25, -0.2) is 0 Å². The zero-order valence-corrected chi connectivity index (χ0v) is 10.6. The fourth-order valence-corrected chi connectivity index (χ4v) is 1.10. The van der Waals surface area contributed by atoms with Crippen LogP contribution >= 0.6 is 24.8 Å². The van der Waals surface area contributed by atoms with E-state index in [-0.39, 0.29) is 43.3 Å². The Kier molecular flexibility index (Phi) is 16.4. The van der Waals surface area contributed by atoms with Crippen molar-refractivity contribution in [2.24, 2.45) is 11.5 Å². The van der Waals surface area contributed by atoms with Gasteiger partial charge in [0, 0.05) is 18.5 Å². The van der Waals surface area contributed by atoms with Crippen LogP contribution in [0.5, 0.6) is 0 Å². The minimum absolute atomic E-state index is 0. The molecule has 15 heavy (non-hydrogen) atoms. The molecule has 0 aliphatic heterocycles. The van der Waals surface area contributed by atoms with Crippen LogP contribution in [0.25, 0.3) is 0 Å². The lowest BCUT2D eigenvalue weighted by atomic mass is 10.0. The lowest BCUT2D eigenvalue weighted by Gasteiger charge is -2.14. The molecule has 0 rings (SSSR count). The summed E-state index contributed by atoms with van der Waals surface area (Å²) >= 11 is 0. The van der Waals surface area contributed by atoms with Crippen LogP contribution in [-0.2, 0) is 4.79 Å². The van der Waals surface area contributed by atoms with Crippen LogP contribution in [0, 0.1) is 0 Å². The van der Waals surface area contributed by atoms with Gasteiger partial charge >= 0.3 is 5.97 Å². The Morgan fingerprint density at radius 1 is 1.20 bits per heavy atom. The molecule has 0 aromatic rings. The quantitative estimate of drug-likeness (QED) is 0.606. The minimum atomic E-state index is -0.725. The Morgan fingerprint density at radius 3 is 2.13 bits per heavy atom. The van der Waals surface area contributed by atoms with E-state index < -0.39 is 5.97 Å². The van der Waals surface area contributed by atoms with E-state index >= 15 is 0 Å². The second-order valence-electron chi connectivity index (χ2n) is 3.52. The molecule has 0 aliphatic carbocycles. The molecular weight excluding hydrogens is 239 g/mol. The molecule has 0 bridgehead atoms. The molecule has 2 atom stereocenters. The van der Waals surface area contributed by atoms with E-state index in [1.165, 1.54) is 0 Å². The summed E-state index contributed by atoms with van der Waals surface area (Å²) in [6.07, 6.45) is 3.77.